The van der Waals surface area contributed by atoms with E-state index >= 15 is 0 Å². The zero-order valence-corrected chi connectivity index (χ0v) is 14.9. The van der Waals surface area contributed by atoms with Crippen LogP contribution in [0.25, 0.3) is 0 Å². The molecule has 0 bridgehead atoms. The fourth-order valence-corrected chi connectivity index (χ4v) is 3.06. The van der Waals surface area contributed by atoms with Gasteiger partial charge in [0.05, 0.1) is 25.1 Å². The monoisotopic (exact) mass is 337 g/mol. The Bertz CT molecular complexity index is 605. The zero-order valence-electron chi connectivity index (χ0n) is 14.9. The Labute approximate surface area is 142 Å². The molecule has 1 aromatic rings. The summed E-state index contributed by atoms with van der Waals surface area (Å²) in [4.78, 5) is 16.3. The first-order valence-electron chi connectivity index (χ1n) is 8.41. The summed E-state index contributed by atoms with van der Waals surface area (Å²) >= 11 is 0. The highest BCUT2D eigenvalue weighted by Gasteiger charge is 2.34. The lowest BCUT2D eigenvalue weighted by Gasteiger charge is -2.42. The van der Waals surface area contributed by atoms with Crippen LogP contribution in [-0.4, -0.2) is 65.3 Å². The third-order valence-electron chi connectivity index (χ3n) is 4.31. The SMILES string of the molecule is C[C@@H]1CN(C(=O)OC(C)(C)C)CCN1c1c(N)cnn1C1COC1. The number of hydrogen-bond acceptors (Lipinski definition) is 6. The Kier molecular flexibility index (Phi) is 4.33. The average Bonchev–Trinajstić information content (AvgIpc) is 2.77. The molecule has 8 heteroatoms. The van der Waals surface area contributed by atoms with Crippen molar-refractivity contribution in [3.05, 3.63) is 6.20 Å². The Morgan fingerprint density at radius 3 is 2.62 bits per heavy atom. The summed E-state index contributed by atoms with van der Waals surface area (Å²) in [7, 11) is 0. The molecule has 2 fully saturated rings. The molecule has 0 saturated carbocycles. The van der Waals surface area contributed by atoms with Gasteiger partial charge in [-0.3, -0.25) is 0 Å². The van der Waals surface area contributed by atoms with Crippen LogP contribution in [0.15, 0.2) is 6.20 Å². The second kappa shape index (κ2) is 6.16. The Hall–Kier alpha value is -1.96. The number of hydrogen-bond donors (Lipinski definition) is 1. The molecule has 2 N–H and O–H groups in total. The largest absolute Gasteiger partial charge is 0.444 e. The van der Waals surface area contributed by atoms with Crippen LogP contribution < -0.4 is 10.6 Å². The van der Waals surface area contributed by atoms with E-state index in [1.807, 2.05) is 25.5 Å². The zero-order chi connectivity index (χ0) is 17.5. The minimum atomic E-state index is -0.481. The molecule has 134 valence electrons. The number of rotatable bonds is 2. The van der Waals surface area contributed by atoms with Gasteiger partial charge >= 0.3 is 6.09 Å². The summed E-state index contributed by atoms with van der Waals surface area (Å²) in [6.07, 6.45) is 1.43. The molecule has 3 rings (SSSR count). The fourth-order valence-electron chi connectivity index (χ4n) is 3.06. The van der Waals surface area contributed by atoms with Crippen LogP contribution >= 0.6 is 0 Å². The van der Waals surface area contributed by atoms with Crippen molar-refractivity contribution < 1.29 is 14.3 Å². The summed E-state index contributed by atoms with van der Waals surface area (Å²) in [6.45, 7) is 11.0. The first-order valence-corrected chi connectivity index (χ1v) is 8.41. The highest BCUT2D eigenvalue weighted by Crippen LogP contribution is 2.32. The van der Waals surface area contributed by atoms with Crippen LogP contribution in [0.1, 0.15) is 33.7 Å². The third-order valence-corrected chi connectivity index (χ3v) is 4.31. The Morgan fingerprint density at radius 1 is 1.38 bits per heavy atom. The van der Waals surface area contributed by atoms with Crippen molar-refractivity contribution in [1.29, 1.82) is 0 Å². The van der Waals surface area contributed by atoms with Gasteiger partial charge in [0.15, 0.2) is 5.82 Å². The van der Waals surface area contributed by atoms with E-state index in [4.69, 9.17) is 15.2 Å². The van der Waals surface area contributed by atoms with Gasteiger partial charge < -0.3 is 25.0 Å². The molecule has 2 aliphatic heterocycles. The van der Waals surface area contributed by atoms with E-state index < -0.39 is 5.60 Å². The minimum absolute atomic E-state index is 0.130. The average molecular weight is 337 g/mol. The van der Waals surface area contributed by atoms with Gasteiger partial charge in [0.1, 0.15) is 11.6 Å². The number of nitrogens with zero attached hydrogens (tertiary/aromatic N) is 4. The van der Waals surface area contributed by atoms with Crippen LogP contribution in [0, 0.1) is 0 Å². The molecule has 3 heterocycles. The molecular formula is C16H27N5O3. The van der Waals surface area contributed by atoms with Gasteiger partial charge in [-0.15, -0.1) is 0 Å². The van der Waals surface area contributed by atoms with Crippen LogP contribution in [0.5, 0.6) is 0 Å². The Morgan fingerprint density at radius 2 is 2.08 bits per heavy atom. The highest BCUT2D eigenvalue weighted by molar-refractivity contribution is 5.69. The second-order valence-electron chi connectivity index (χ2n) is 7.53. The number of anilines is 2. The molecule has 8 nitrogen and oxygen atoms in total. The number of amides is 1. The van der Waals surface area contributed by atoms with E-state index in [0.717, 1.165) is 5.82 Å². The van der Waals surface area contributed by atoms with Crippen molar-refractivity contribution in [2.45, 2.75) is 45.4 Å². The first-order chi connectivity index (χ1) is 11.3. The summed E-state index contributed by atoms with van der Waals surface area (Å²) in [5, 5.41) is 4.41. The molecule has 0 aromatic carbocycles. The highest BCUT2D eigenvalue weighted by atomic mass is 16.6. The maximum atomic E-state index is 12.3. The number of carbonyl (C=O) groups excluding carboxylic acids is 1. The fraction of sp³-hybridized carbons (Fsp3) is 0.750. The Balaban J connectivity index is 1.70. The van der Waals surface area contributed by atoms with Crippen molar-refractivity contribution >= 4 is 17.6 Å². The van der Waals surface area contributed by atoms with E-state index in [9.17, 15) is 4.79 Å². The maximum Gasteiger partial charge on any atom is 0.410 e. The molecule has 1 aromatic heterocycles. The van der Waals surface area contributed by atoms with Crippen molar-refractivity contribution in [2.75, 3.05) is 43.5 Å². The van der Waals surface area contributed by atoms with E-state index in [1.165, 1.54) is 0 Å². The number of ether oxygens (including phenoxy) is 2. The van der Waals surface area contributed by atoms with Gasteiger partial charge in [0.2, 0.25) is 0 Å². The second-order valence-corrected chi connectivity index (χ2v) is 7.53. The lowest BCUT2D eigenvalue weighted by Crippen LogP contribution is -2.55. The minimum Gasteiger partial charge on any atom is -0.444 e. The smallest absolute Gasteiger partial charge is 0.410 e. The summed E-state index contributed by atoms with van der Waals surface area (Å²) in [6, 6.07) is 0.374. The van der Waals surface area contributed by atoms with Crippen LogP contribution in [0.2, 0.25) is 0 Å². The molecule has 2 saturated heterocycles. The quantitative estimate of drug-likeness (QED) is 0.880. The maximum absolute atomic E-state index is 12.3. The summed E-state index contributed by atoms with van der Waals surface area (Å²) in [5.41, 5.74) is 6.34. The predicted molar refractivity (Wildman–Crippen MR) is 91.1 cm³/mol. The van der Waals surface area contributed by atoms with E-state index in [-0.39, 0.29) is 18.2 Å². The van der Waals surface area contributed by atoms with Crippen LogP contribution in [0.4, 0.5) is 16.3 Å². The number of nitrogen functional groups attached to an aromatic ring is 1. The van der Waals surface area contributed by atoms with Gasteiger partial charge in [0, 0.05) is 25.7 Å². The molecule has 0 radical (unpaired) electrons. The normalized spacial score (nSPS) is 22.4. The van der Waals surface area contributed by atoms with Crippen molar-refractivity contribution in [3.8, 4) is 0 Å². The molecule has 0 spiro atoms. The van der Waals surface area contributed by atoms with Gasteiger partial charge in [-0.25, -0.2) is 9.48 Å². The standard InChI is InChI=1S/C16H27N5O3/c1-11-8-19(15(22)24-16(2,3)4)5-6-20(11)14-13(17)7-18-21(14)12-9-23-10-12/h7,11-12H,5-6,8-10,17H2,1-4H3/t11-/m1/s1. The van der Waals surface area contributed by atoms with Crippen LogP contribution in [0.3, 0.4) is 0 Å². The van der Waals surface area contributed by atoms with Gasteiger partial charge in [-0.1, -0.05) is 0 Å². The molecule has 0 unspecified atom stereocenters. The van der Waals surface area contributed by atoms with Gasteiger partial charge in [0.25, 0.3) is 0 Å². The van der Waals surface area contributed by atoms with E-state index in [1.54, 1.807) is 11.1 Å². The van der Waals surface area contributed by atoms with Gasteiger partial charge in [-0.2, -0.15) is 5.10 Å². The van der Waals surface area contributed by atoms with E-state index in [0.29, 0.717) is 38.5 Å². The van der Waals surface area contributed by atoms with Gasteiger partial charge in [-0.05, 0) is 27.7 Å². The molecule has 1 amide bonds. The van der Waals surface area contributed by atoms with Crippen molar-refractivity contribution in [2.24, 2.45) is 0 Å². The molecule has 24 heavy (non-hydrogen) atoms. The summed E-state index contributed by atoms with van der Waals surface area (Å²) < 4.78 is 12.7. The molecule has 1 atom stereocenters. The lowest BCUT2D eigenvalue weighted by atomic mass is 10.1. The molecular weight excluding hydrogens is 310 g/mol. The summed E-state index contributed by atoms with van der Waals surface area (Å²) in [5.74, 6) is 0.930. The lowest BCUT2D eigenvalue weighted by molar-refractivity contribution is -0.0282. The third kappa shape index (κ3) is 3.28. The topological polar surface area (TPSA) is 85.9 Å². The van der Waals surface area contributed by atoms with E-state index in [2.05, 4.69) is 16.9 Å². The van der Waals surface area contributed by atoms with Crippen molar-refractivity contribution in [3.63, 3.8) is 0 Å². The first kappa shape index (κ1) is 16.9. The number of carbonyl (C=O) groups is 1. The molecule has 2 aliphatic rings. The van der Waals surface area contributed by atoms with Crippen molar-refractivity contribution in [1.82, 2.24) is 14.7 Å². The predicted octanol–water partition coefficient (Wildman–Crippen LogP) is 1.48. The number of aromatic nitrogens is 2. The number of piperazine rings is 1. The van der Waals surface area contributed by atoms with Crippen LogP contribution in [-0.2, 0) is 9.47 Å². The number of nitrogens with two attached hydrogens (primary N) is 1. The molecule has 0 aliphatic carbocycles.